The average molecular weight is 144 g/mol. The fraction of sp³-hybridized carbons (Fsp3) is 1.00. The zero-order valence-corrected chi connectivity index (χ0v) is 6.42. The zero-order chi connectivity index (χ0) is 7.56. The molecule has 0 radical (unpaired) electrons. The Kier molecular flexibility index (Phi) is 2.65. The monoisotopic (exact) mass is 144 g/mol. The molecular weight excluding hydrogens is 128 g/mol. The molecule has 0 bridgehead atoms. The SMILES string of the molecule is CC(N)[C@@H]1CC[C@@H](N)CO1. The number of hydrogen-bond donors (Lipinski definition) is 2. The van der Waals surface area contributed by atoms with Gasteiger partial charge in [-0.2, -0.15) is 0 Å². The van der Waals surface area contributed by atoms with Crippen LogP contribution in [-0.2, 0) is 4.74 Å². The molecule has 0 amide bonds. The maximum Gasteiger partial charge on any atom is 0.0724 e. The van der Waals surface area contributed by atoms with E-state index in [-0.39, 0.29) is 18.2 Å². The van der Waals surface area contributed by atoms with Gasteiger partial charge in [0, 0.05) is 12.1 Å². The highest BCUT2D eigenvalue weighted by atomic mass is 16.5. The third-order valence-electron chi connectivity index (χ3n) is 1.93. The van der Waals surface area contributed by atoms with Crippen molar-refractivity contribution in [2.45, 2.75) is 38.0 Å². The van der Waals surface area contributed by atoms with E-state index < -0.39 is 0 Å². The van der Waals surface area contributed by atoms with E-state index in [9.17, 15) is 0 Å². The average Bonchev–Trinajstić information content (AvgIpc) is 1.88. The first-order valence-corrected chi connectivity index (χ1v) is 3.83. The second kappa shape index (κ2) is 3.32. The van der Waals surface area contributed by atoms with Crippen molar-refractivity contribution in [2.24, 2.45) is 11.5 Å². The summed E-state index contributed by atoms with van der Waals surface area (Å²) in [5, 5.41) is 0. The molecule has 60 valence electrons. The van der Waals surface area contributed by atoms with Crippen molar-refractivity contribution < 1.29 is 4.74 Å². The molecule has 1 saturated heterocycles. The molecule has 0 aromatic carbocycles. The highest BCUT2D eigenvalue weighted by molar-refractivity contribution is 4.77. The van der Waals surface area contributed by atoms with Crippen LogP contribution in [0.2, 0.25) is 0 Å². The normalized spacial score (nSPS) is 37.5. The maximum absolute atomic E-state index is 5.65. The molecule has 4 N–H and O–H groups in total. The van der Waals surface area contributed by atoms with Gasteiger partial charge in [-0.3, -0.25) is 0 Å². The van der Waals surface area contributed by atoms with Gasteiger partial charge < -0.3 is 16.2 Å². The van der Waals surface area contributed by atoms with Gasteiger partial charge in [-0.25, -0.2) is 0 Å². The molecule has 1 unspecified atom stereocenters. The van der Waals surface area contributed by atoms with Crippen molar-refractivity contribution in [1.29, 1.82) is 0 Å². The smallest absolute Gasteiger partial charge is 0.0724 e. The first kappa shape index (κ1) is 7.98. The molecular formula is C7H16N2O. The minimum Gasteiger partial charge on any atom is -0.375 e. The summed E-state index contributed by atoms with van der Waals surface area (Å²) < 4.78 is 5.40. The summed E-state index contributed by atoms with van der Waals surface area (Å²) in [7, 11) is 0. The Labute approximate surface area is 61.7 Å². The second-order valence-electron chi connectivity index (χ2n) is 3.07. The van der Waals surface area contributed by atoms with E-state index in [4.69, 9.17) is 16.2 Å². The molecule has 10 heavy (non-hydrogen) atoms. The van der Waals surface area contributed by atoms with E-state index in [2.05, 4.69) is 0 Å². The predicted molar refractivity (Wildman–Crippen MR) is 40.6 cm³/mol. The van der Waals surface area contributed by atoms with Crippen molar-refractivity contribution in [3.05, 3.63) is 0 Å². The molecule has 0 aromatic rings. The fourth-order valence-electron chi connectivity index (χ4n) is 1.21. The molecule has 1 aliphatic heterocycles. The van der Waals surface area contributed by atoms with Gasteiger partial charge in [-0.15, -0.1) is 0 Å². The Morgan fingerprint density at radius 2 is 2.20 bits per heavy atom. The lowest BCUT2D eigenvalue weighted by atomic mass is 10.0. The highest BCUT2D eigenvalue weighted by Gasteiger charge is 2.21. The van der Waals surface area contributed by atoms with Crippen molar-refractivity contribution in [3.63, 3.8) is 0 Å². The second-order valence-corrected chi connectivity index (χ2v) is 3.07. The number of hydrogen-bond acceptors (Lipinski definition) is 3. The lowest BCUT2D eigenvalue weighted by molar-refractivity contribution is -0.00589. The van der Waals surface area contributed by atoms with Crippen LogP contribution in [0.15, 0.2) is 0 Å². The molecule has 0 aromatic heterocycles. The van der Waals surface area contributed by atoms with Gasteiger partial charge >= 0.3 is 0 Å². The number of nitrogens with two attached hydrogens (primary N) is 2. The van der Waals surface area contributed by atoms with Gasteiger partial charge in [0.2, 0.25) is 0 Å². The van der Waals surface area contributed by atoms with Crippen LogP contribution in [-0.4, -0.2) is 24.8 Å². The van der Waals surface area contributed by atoms with Crippen LogP contribution in [0, 0.1) is 0 Å². The Hall–Kier alpha value is -0.120. The lowest BCUT2D eigenvalue weighted by Gasteiger charge is -2.29. The van der Waals surface area contributed by atoms with Crippen molar-refractivity contribution in [3.8, 4) is 0 Å². The summed E-state index contributed by atoms with van der Waals surface area (Å²) in [4.78, 5) is 0. The molecule has 3 heteroatoms. The van der Waals surface area contributed by atoms with Gasteiger partial charge in [0.05, 0.1) is 12.7 Å². The molecule has 1 rings (SSSR count). The predicted octanol–water partition coefficient (Wildman–Crippen LogP) is -0.160. The van der Waals surface area contributed by atoms with Crippen LogP contribution in [0.1, 0.15) is 19.8 Å². The van der Waals surface area contributed by atoms with E-state index in [0.717, 1.165) is 12.8 Å². The van der Waals surface area contributed by atoms with Crippen molar-refractivity contribution in [1.82, 2.24) is 0 Å². The molecule has 3 nitrogen and oxygen atoms in total. The maximum atomic E-state index is 5.65. The van der Waals surface area contributed by atoms with Gasteiger partial charge in [0.15, 0.2) is 0 Å². The molecule has 0 spiro atoms. The van der Waals surface area contributed by atoms with Crippen LogP contribution in [0.5, 0.6) is 0 Å². The third kappa shape index (κ3) is 1.94. The van der Waals surface area contributed by atoms with Crippen molar-refractivity contribution >= 4 is 0 Å². The fourth-order valence-corrected chi connectivity index (χ4v) is 1.21. The molecule has 0 aliphatic carbocycles. The number of rotatable bonds is 1. The first-order chi connectivity index (χ1) is 4.70. The largest absolute Gasteiger partial charge is 0.375 e. The molecule has 1 aliphatic rings. The quantitative estimate of drug-likeness (QED) is 0.537. The molecule has 1 fully saturated rings. The topological polar surface area (TPSA) is 61.3 Å². The lowest BCUT2D eigenvalue weighted by Crippen LogP contribution is -2.42. The van der Waals surface area contributed by atoms with Gasteiger partial charge in [0.25, 0.3) is 0 Å². The zero-order valence-electron chi connectivity index (χ0n) is 6.42. The van der Waals surface area contributed by atoms with Crippen LogP contribution >= 0.6 is 0 Å². The minimum absolute atomic E-state index is 0.146. The first-order valence-electron chi connectivity index (χ1n) is 3.83. The van der Waals surface area contributed by atoms with E-state index in [1.54, 1.807) is 0 Å². The van der Waals surface area contributed by atoms with Crippen LogP contribution in [0.3, 0.4) is 0 Å². The van der Waals surface area contributed by atoms with E-state index in [1.807, 2.05) is 6.92 Å². The molecule has 3 atom stereocenters. The van der Waals surface area contributed by atoms with Crippen LogP contribution < -0.4 is 11.5 Å². The Bertz CT molecular complexity index is 97.8. The summed E-state index contributed by atoms with van der Waals surface area (Å²) >= 11 is 0. The minimum atomic E-state index is 0.146. The van der Waals surface area contributed by atoms with E-state index in [0.29, 0.717) is 6.61 Å². The van der Waals surface area contributed by atoms with E-state index in [1.165, 1.54) is 0 Å². The Balaban J connectivity index is 2.26. The summed E-state index contributed by atoms with van der Waals surface area (Å²) in [5.41, 5.74) is 11.3. The van der Waals surface area contributed by atoms with Gasteiger partial charge in [-0.05, 0) is 19.8 Å². The summed E-state index contributed by atoms with van der Waals surface area (Å²) in [6.07, 6.45) is 2.30. The third-order valence-corrected chi connectivity index (χ3v) is 1.93. The van der Waals surface area contributed by atoms with Crippen molar-refractivity contribution in [2.75, 3.05) is 6.61 Å². The summed E-state index contributed by atoms with van der Waals surface area (Å²) in [5.74, 6) is 0. The van der Waals surface area contributed by atoms with Gasteiger partial charge in [0.1, 0.15) is 0 Å². The van der Waals surface area contributed by atoms with Crippen LogP contribution in [0.4, 0.5) is 0 Å². The van der Waals surface area contributed by atoms with Gasteiger partial charge in [-0.1, -0.05) is 0 Å². The molecule has 0 saturated carbocycles. The summed E-state index contributed by atoms with van der Waals surface area (Å²) in [6.45, 7) is 2.65. The highest BCUT2D eigenvalue weighted by Crippen LogP contribution is 2.13. The standard InChI is InChI=1S/C7H16N2O/c1-5(8)7-3-2-6(9)4-10-7/h5-7H,2-4,8-9H2,1H3/t5?,6-,7+/m1/s1. The van der Waals surface area contributed by atoms with Crippen LogP contribution in [0.25, 0.3) is 0 Å². The number of ether oxygens (including phenoxy) is 1. The Morgan fingerprint density at radius 3 is 2.60 bits per heavy atom. The molecule has 1 heterocycles. The Morgan fingerprint density at radius 1 is 1.50 bits per heavy atom. The summed E-state index contributed by atoms with van der Waals surface area (Å²) in [6, 6.07) is 0.377. The van der Waals surface area contributed by atoms with E-state index >= 15 is 0 Å².